The molecule has 0 heterocycles. The lowest BCUT2D eigenvalue weighted by Gasteiger charge is -2.21. The van der Waals surface area contributed by atoms with Gasteiger partial charge in [-0.3, -0.25) is 4.79 Å². The Morgan fingerprint density at radius 3 is 2.62 bits per heavy atom. The summed E-state index contributed by atoms with van der Waals surface area (Å²) in [6, 6.07) is 0. The Labute approximate surface area is 77.9 Å². The molecule has 2 atom stereocenters. The van der Waals surface area contributed by atoms with Gasteiger partial charge in [0.1, 0.15) is 0 Å². The van der Waals surface area contributed by atoms with Crippen LogP contribution in [-0.2, 0) is 4.79 Å². The number of aliphatic hydroxyl groups is 2. The van der Waals surface area contributed by atoms with E-state index in [1.165, 1.54) is 6.92 Å². The summed E-state index contributed by atoms with van der Waals surface area (Å²) in [4.78, 5) is 10.6. The van der Waals surface area contributed by atoms with Crippen molar-refractivity contribution in [3.8, 4) is 0 Å². The molecule has 0 aromatic heterocycles. The Hall–Kier alpha value is -0.650. The molecular formula is C8H18N2O3. The molecule has 0 rings (SSSR count). The summed E-state index contributed by atoms with van der Waals surface area (Å²) in [7, 11) is 0. The van der Waals surface area contributed by atoms with Crippen molar-refractivity contribution in [2.75, 3.05) is 19.7 Å². The number of hydrogen-bond donors (Lipinski definition) is 4. The quantitative estimate of drug-likeness (QED) is 0.407. The van der Waals surface area contributed by atoms with Gasteiger partial charge in [-0.2, -0.15) is 0 Å². The lowest BCUT2D eigenvalue weighted by molar-refractivity contribution is -0.121. The summed E-state index contributed by atoms with van der Waals surface area (Å²) < 4.78 is 0. The van der Waals surface area contributed by atoms with E-state index in [1.807, 2.05) is 0 Å². The fourth-order valence-electron chi connectivity index (χ4n) is 0.714. The molecule has 0 saturated heterocycles. The van der Waals surface area contributed by atoms with E-state index in [2.05, 4.69) is 5.32 Å². The van der Waals surface area contributed by atoms with E-state index >= 15 is 0 Å². The molecule has 5 N–H and O–H groups in total. The third kappa shape index (κ3) is 5.57. The third-order valence-corrected chi connectivity index (χ3v) is 1.78. The van der Waals surface area contributed by atoms with Crippen LogP contribution in [0.4, 0.5) is 0 Å². The molecule has 0 aliphatic rings. The number of carbonyl (C=O) groups excluding carboxylic acids is 1. The van der Waals surface area contributed by atoms with Crippen molar-refractivity contribution in [3.63, 3.8) is 0 Å². The molecule has 0 aromatic rings. The molecule has 0 radical (unpaired) electrons. The lowest BCUT2D eigenvalue weighted by atomic mass is 10.1. The number of primary amides is 1. The average Bonchev–Trinajstić information content (AvgIpc) is 2.04. The highest BCUT2D eigenvalue weighted by atomic mass is 16.3. The largest absolute Gasteiger partial charge is 0.393 e. The van der Waals surface area contributed by atoms with Crippen LogP contribution >= 0.6 is 0 Å². The van der Waals surface area contributed by atoms with E-state index in [0.29, 0.717) is 6.54 Å². The highest BCUT2D eigenvalue weighted by molar-refractivity contribution is 5.76. The minimum Gasteiger partial charge on any atom is -0.393 e. The van der Waals surface area contributed by atoms with Gasteiger partial charge in [-0.1, -0.05) is 6.92 Å². The molecule has 2 unspecified atom stereocenters. The summed E-state index contributed by atoms with van der Waals surface area (Å²) in [5, 5.41) is 20.9. The lowest BCUT2D eigenvalue weighted by Crippen LogP contribution is -2.43. The first-order valence-electron chi connectivity index (χ1n) is 4.22. The standard InChI is InChI=1S/C8H18N2O3/c1-6(7(9)12)3-10-4-8(2,13)5-11/h6,10-11,13H,3-5H2,1-2H3,(H2,9,12). The van der Waals surface area contributed by atoms with Gasteiger partial charge in [-0.25, -0.2) is 0 Å². The zero-order valence-corrected chi connectivity index (χ0v) is 8.08. The highest BCUT2D eigenvalue weighted by Gasteiger charge is 2.18. The Balaban J connectivity index is 3.62. The van der Waals surface area contributed by atoms with Gasteiger partial charge < -0.3 is 21.3 Å². The zero-order valence-electron chi connectivity index (χ0n) is 8.08. The first-order chi connectivity index (χ1) is 5.89. The van der Waals surface area contributed by atoms with Crippen LogP contribution < -0.4 is 11.1 Å². The van der Waals surface area contributed by atoms with Gasteiger partial charge in [0.05, 0.1) is 12.2 Å². The van der Waals surface area contributed by atoms with Crippen LogP contribution in [0.25, 0.3) is 0 Å². The second-order valence-electron chi connectivity index (χ2n) is 3.59. The molecular weight excluding hydrogens is 172 g/mol. The van der Waals surface area contributed by atoms with Crippen molar-refractivity contribution in [3.05, 3.63) is 0 Å². The summed E-state index contributed by atoms with van der Waals surface area (Å²) in [6.45, 7) is 3.54. The minimum atomic E-state index is -1.14. The maximum atomic E-state index is 10.6. The zero-order chi connectivity index (χ0) is 10.5. The van der Waals surface area contributed by atoms with Gasteiger partial charge in [0.2, 0.25) is 5.91 Å². The second kappa shape index (κ2) is 5.16. The van der Waals surface area contributed by atoms with E-state index in [4.69, 9.17) is 10.8 Å². The number of nitrogens with two attached hydrogens (primary N) is 1. The number of nitrogens with one attached hydrogen (secondary N) is 1. The summed E-state index contributed by atoms with van der Waals surface area (Å²) in [5.74, 6) is -0.648. The van der Waals surface area contributed by atoms with Gasteiger partial charge in [0, 0.05) is 19.0 Å². The third-order valence-electron chi connectivity index (χ3n) is 1.78. The molecule has 1 amide bonds. The van der Waals surface area contributed by atoms with Crippen LogP contribution in [0.5, 0.6) is 0 Å². The van der Waals surface area contributed by atoms with Gasteiger partial charge in [-0.15, -0.1) is 0 Å². The SMILES string of the molecule is CC(CNCC(C)(O)CO)C(N)=O. The fourth-order valence-corrected chi connectivity index (χ4v) is 0.714. The van der Waals surface area contributed by atoms with E-state index < -0.39 is 5.60 Å². The predicted molar refractivity (Wildman–Crippen MR) is 48.9 cm³/mol. The number of rotatable bonds is 6. The van der Waals surface area contributed by atoms with E-state index in [9.17, 15) is 9.90 Å². The molecule has 0 bridgehead atoms. The van der Waals surface area contributed by atoms with Crippen LogP contribution in [0.2, 0.25) is 0 Å². The maximum Gasteiger partial charge on any atom is 0.221 e. The monoisotopic (exact) mass is 190 g/mol. The fraction of sp³-hybridized carbons (Fsp3) is 0.875. The number of amides is 1. The number of aliphatic hydroxyl groups excluding tert-OH is 1. The number of hydrogen-bond acceptors (Lipinski definition) is 4. The van der Waals surface area contributed by atoms with Gasteiger partial charge >= 0.3 is 0 Å². The molecule has 0 spiro atoms. The Morgan fingerprint density at radius 1 is 1.69 bits per heavy atom. The van der Waals surface area contributed by atoms with Crippen molar-refractivity contribution >= 4 is 5.91 Å². The molecule has 0 aromatic carbocycles. The molecule has 5 nitrogen and oxygen atoms in total. The molecule has 0 aliphatic heterocycles. The molecule has 78 valence electrons. The average molecular weight is 190 g/mol. The predicted octanol–water partition coefficient (Wildman–Crippen LogP) is -1.56. The first kappa shape index (κ1) is 12.3. The van der Waals surface area contributed by atoms with Crippen LogP contribution in [0, 0.1) is 5.92 Å². The van der Waals surface area contributed by atoms with E-state index in [-0.39, 0.29) is 25.0 Å². The van der Waals surface area contributed by atoms with Gasteiger partial charge in [-0.05, 0) is 6.92 Å². The normalized spacial score (nSPS) is 17.8. The summed E-state index contributed by atoms with van der Waals surface area (Å²) in [6.07, 6.45) is 0. The minimum absolute atomic E-state index is 0.237. The molecule has 5 heteroatoms. The summed E-state index contributed by atoms with van der Waals surface area (Å²) >= 11 is 0. The van der Waals surface area contributed by atoms with Crippen LogP contribution in [0.3, 0.4) is 0 Å². The Morgan fingerprint density at radius 2 is 2.23 bits per heavy atom. The smallest absolute Gasteiger partial charge is 0.221 e. The highest BCUT2D eigenvalue weighted by Crippen LogP contribution is 1.99. The molecule has 0 aliphatic carbocycles. The topological polar surface area (TPSA) is 95.6 Å². The van der Waals surface area contributed by atoms with E-state index in [0.717, 1.165) is 0 Å². The van der Waals surface area contributed by atoms with Crippen molar-refractivity contribution in [2.45, 2.75) is 19.4 Å². The molecule has 0 fully saturated rings. The molecule has 0 saturated carbocycles. The maximum absolute atomic E-state index is 10.6. The Bertz CT molecular complexity index is 171. The second-order valence-corrected chi connectivity index (χ2v) is 3.59. The Kier molecular flexibility index (Phi) is 4.90. The van der Waals surface area contributed by atoms with Gasteiger partial charge in [0.25, 0.3) is 0 Å². The van der Waals surface area contributed by atoms with Crippen LogP contribution in [-0.4, -0.2) is 41.4 Å². The summed E-state index contributed by atoms with van der Waals surface area (Å²) in [5.41, 5.74) is 3.89. The van der Waals surface area contributed by atoms with Crippen LogP contribution in [0.1, 0.15) is 13.8 Å². The van der Waals surface area contributed by atoms with Crippen LogP contribution in [0.15, 0.2) is 0 Å². The van der Waals surface area contributed by atoms with Crippen molar-refractivity contribution in [1.82, 2.24) is 5.32 Å². The van der Waals surface area contributed by atoms with E-state index in [1.54, 1.807) is 6.92 Å². The van der Waals surface area contributed by atoms with Crippen molar-refractivity contribution in [1.29, 1.82) is 0 Å². The van der Waals surface area contributed by atoms with Crippen molar-refractivity contribution < 1.29 is 15.0 Å². The van der Waals surface area contributed by atoms with Gasteiger partial charge in [0.15, 0.2) is 0 Å². The first-order valence-corrected chi connectivity index (χ1v) is 4.22. The molecule has 13 heavy (non-hydrogen) atoms. The van der Waals surface area contributed by atoms with Crippen molar-refractivity contribution in [2.24, 2.45) is 11.7 Å². The number of carbonyl (C=O) groups is 1.